The maximum absolute atomic E-state index is 11.6. The Morgan fingerprint density at radius 1 is 1.26 bits per heavy atom. The topological polar surface area (TPSA) is 50.4 Å². The average Bonchev–Trinajstić information content (AvgIpc) is 2.93. The first-order valence-corrected chi connectivity index (χ1v) is 6.87. The van der Waals surface area contributed by atoms with E-state index in [-0.39, 0.29) is 6.03 Å². The van der Waals surface area contributed by atoms with E-state index in [4.69, 9.17) is 4.74 Å². The molecule has 0 fully saturated rings. The van der Waals surface area contributed by atoms with Crippen molar-refractivity contribution in [3.8, 4) is 5.75 Å². The van der Waals surface area contributed by atoms with Crippen molar-refractivity contribution in [3.05, 3.63) is 46.7 Å². The van der Waals surface area contributed by atoms with Gasteiger partial charge in [0.1, 0.15) is 5.75 Å². The first-order chi connectivity index (χ1) is 9.28. The van der Waals surface area contributed by atoms with Gasteiger partial charge >= 0.3 is 6.03 Å². The van der Waals surface area contributed by atoms with E-state index in [9.17, 15) is 4.79 Å². The van der Waals surface area contributed by atoms with Crippen LogP contribution in [0.25, 0.3) is 0 Å². The molecule has 5 heteroatoms. The summed E-state index contributed by atoms with van der Waals surface area (Å²) < 4.78 is 5.05. The molecular formula is C14H16N2O2S. The summed E-state index contributed by atoms with van der Waals surface area (Å²) in [6, 6.07) is 11.1. The molecule has 2 amide bonds. The maximum atomic E-state index is 11.6. The lowest BCUT2D eigenvalue weighted by Crippen LogP contribution is -2.30. The second kappa shape index (κ2) is 6.80. The average molecular weight is 276 g/mol. The fourth-order valence-corrected chi connectivity index (χ4v) is 2.31. The molecular weight excluding hydrogens is 260 g/mol. The molecule has 1 aromatic carbocycles. The second-order valence-electron chi connectivity index (χ2n) is 3.94. The third-order valence-corrected chi connectivity index (χ3v) is 3.52. The summed E-state index contributed by atoms with van der Waals surface area (Å²) in [7, 11) is 1.61. The lowest BCUT2D eigenvalue weighted by atomic mass is 10.3. The molecule has 100 valence electrons. The van der Waals surface area contributed by atoms with Gasteiger partial charge in [0.15, 0.2) is 0 Å². The van der Waals surface area contributed by atoms with Gasteiger partial charge in [0.25, 0.3) is 0 Å². The van der Waals surface area contributed by atoms with Gasteiger partial charge in [-0.15, -0.1) is 11.3 Å². The molecule has 0 bridgehead atoms. The number of thiophene rings is 1. The third kappa shape index (κ3) is 4.30. The normalized spacial score (nSPS) is 9.95. The highest BCUT2D eigenvalue weighted by Crippen LogP contribution is 2.14. The van der Waals surface area contributed by atoms with Gasteiger partial charge in [0.05, 0.1) is 7.11 Å². The highest BCUT2D eigenvalue weighted by atomic mass is 32.1. The van der Waals surface area contributed by atoms with Crippen molar-refractivity contribution >= 4 is 23.1 Å². The van der Waals surface area contributed by atoms with Crippen LogP contribution < -0.4 is 15.4 Å². The number of rotatable bonds is 5. The fraction of sp³-hybridized carbons (Fsp3) is 0.214. The molecule has 1 aromatic heterocycles. The van der Waals surface area contributed by atoms with Crippen LogP contribution in [0.15, 0.2) is 41.8 Å². The number of benzene rings is 1. The summed E-state index contributed by atoms with van der Waals surface area (Å²) >= 11 is 1.70. The number of anilines is 1. The minimum absolute atomic E-state index is 0.193. The molecule has 0 unspecified atom stereocenters. The number of carbonyl (C=O) groups excluding carboxylic acids is 1. The zero-order valence-corrected chi connectivity index (χ0v) is 11.5. The van der Waals surface area contributed by atoms with Crippen LogP contribution in [0, 0.1) is 0 Å². The van der Waals surface area contributed by atoms with Crippen molar-refractivity contribution in [2.24, 2.45) is 0 Å². The molecule has 0 radical (unpaired) electrons. The molecule has 4 nitrogen and oxygen atoms in total. The van der Waals surface area contributed by atoms with E-state index in [2.05, 4.69) is 16.7 Å². The molecule has 0 spiro atoms. The second-order valence-corrected chi connectivity index (χ2v) is 4.97. The number of nitrogens with one attached hydrogen (secondary N) is 2. The van der Waals surface area contributed by atoms with E-state index in [1.807, 2.05) is 11.4 Å². The SMILES string of the molecule is COc1ccc(NC(=O)NCCc2cccs2)cc1. The van der Waals surface area contributed by atoms with Crippen molar-refractivity contribution in [2.75, 3.05) is 19.0 Å². The Kier molecular flexibility index (Phi) is 4.80. The Morgan fingerprint density at radius 2 is 2.05 bits per heavy atom. The zero-order valence-electron chi connectivity index (χ0n) is 10.7. The molecule has 2 aromatic rings. The first-order valence-electron chi connectivity index (χ1n) is 5.99. The monoisotopic (exact) mass is 276 g/mol. The molecule has 1 heterocycles. The van der Waals surface area contributed by atoms with Gasteiger partial charge in [-0.2, -0.15) is 0 Å². The van der Waals surface area contributed by atoms with Crippen molar-refractivity contribution in [2.45, 2.75) is 6.42 Å². The van der Waals surface area contributed by atoms with Crippen LogP contribution in [0.2, 0.25) is 0 Å². The molecule has 0 aliphatic heterocycles. The summed E-state index contributed by atoms with van der Waals surface area (Å²) in [4.78, 5) is 12.9. The highest BCUT2D eigenvalue weighted by Gasteiger charge is 2.01. The van der Waals surface area contributed by atoms with Gasteiger partial charge in [-0.25, -0.2) is 4.79 Å². The van der Waals surface area contributed by atoms with Crippen molar-refractivity contribution in [3.63, 3.8) is 0 Å². The van der Waals surface area contributed by atoms with Gasteiger partial charge in [-0.1, -0.05) is 6.07 Å². The van der Waals surface area contributed by atoms with E-state index in [1.165, 1.54) is 4.88 Å². The predicted octanol–water partition coefficient (Wildman–Crippen LogP) is 3.12. The lowest BCUT2D eigenvalue weighted by molar-refractivity contribution is 0.252. The summed E-state index contributed by atoms with van der Waals surface area (Å²) in [5.41, 5.74) is 0.745. The van der Waals surface area contributed by atoms with Gasteiger partial charge in [0.2, 0.25) is 0 Å². The summed E-state index contributed by atoms with van der Waals surface area (Å²) in [6.45, 7) is 0.627. The number of methoxy groups -OCH3 is 1. The number of urea groups is 1. The van der Waals surface area contributed by atoms with Crippen LogP contribution in [0.1, 0.15) is 4.88 Å². The minimum Gasteiger partial charge on any atom is -0.497 e. The molecule has 0 saturated carbocycles. The zero-order chi connectivity index (χ0) is 13.5. The Balaban J connectivity index is 1.74. The molecule has 2 N–H and O–H groups in total. The van der Waals surface area contributed by atoms with Crippen molar-refractivity contribution < 1.29 is 9.53 Å². The van der Waals surface area contributed by atoms with Crippen LogP contribution in [0.4, 0.5) is 10.5 Å². The number of hydrogen-bond acceptors (Lipinski definition) is 3. The van der Waals surface area contributed by atoms with Crippen molar-refractivity contribution in [1.82, 2.24) is 5.32 Å². The van der Waals surface area contributed by atoms with Gasteiger partial charge in [-0.3, -0.25) is 0 Å². The predicted molar refractivity (Wildman–Crippen MR) is 78.0 cm³/mol. The van der Waals surface area contributed by atoms with E-state index in [1.54, 1.807) is 42.7 Å². The summed E-state index contributed by atoms with van der Waals surface area (Å²) in [5.74, 6) is 0.767. The number of ether oxygens (including phenoxy) is 1. The highest BCUT2D eigenvalue weighted by molar-refractivity contribution is 7.09. The largest absolute Gasteiger partial charge is 0.497 e. The summed E-state index contributed by atoms with van der Waals surface area (Å²) in [6.07, 6.45) is 0.855. The molecule has 19 heavy (non-hydrogen) atoms. The van der Waals surface area contributed by atoms with Gasteiger partial charge in [0, 0.05) is 17.1 Å². The van der Waals surface area contributed by atoms with E-state index in [0.717, 1.165) is 17.9 Å². The van der Waals surface area contributed by atoms with E-state index < -0.39 is 0 Å². The standard InChI is InChI=1S/C14H16N2O2S/c1-18-12-6-4-11(5-7-12)16-14(17)15-9-8-13-3-2-10-19-13/h2-7,10H,8-9H2,1H3,(H2,15,16,17). The number of carbonyl (C=O) groups is 1. The summed E-state index contributed by atoms with van der Waals surface area (Å²) in [5, 5.41) is 7.63. The Labute approximate surface area is 116 Å². The number of hydrogen-bond donors (Lipinski definition) is 2. The Bertz CT molecular complexity index is 509. The Hall–Kier alpha value is -2.01. The number of amides is 2. The van der Waals surface area contributed by atoms with Gasteiger partial charge < -0.3 is 15.4 Å². The van der Waals surface area contributed by atoms with Crippen LogP contribution in [0.5, 0.6) is 5.75 Å². The molecule has 0 aliphatic carbocycles. The first kappa shape index (κ1) is 13.4. The van der Waals surface area contributed by atoms with E-state index >= 15 is 0 Å². The quantitative estimate of drug-likeness (QED) is 0.881. The van der Waals surface area contributed by atoms with Crippen molar-refractivity contribution in [1.29, 1.82) is 0 Å². The molecule has 0 saturated heterocycles. The third-order valence-electron chi connectivity index (χ3n) is 2.58. The minimum atomic E-state index is -0.193. The van der Waals surface area contributed by atoms with Crippen LogP contribution >= 0.6 is 11.3 Å². The maximum Gasteiger partial charge on any atom is 0.319 e. The van der Waals surface area contributed by atoms with Gasteiger partial charge in [-0.05, 0) is 42.1 Å². The molecule has 0 aliphatic rings. The van der Waals surface area contributed by atoms with Crippen LogP contribution in [0.3, 0.4) is 0 Å². The molecule has 0 atom stereocenters. The lowest BCUT2D eigenvalue weighted by Gasteiger charge is -2.07. The van der Waals surface area contributed by atoms with Crippen LogP contribution in [-0.2, 0) is 6.42 Å². The smallest absolute Gasteiger partial charge is 0.319 e. The van der Waals surface area contributed by atoms with Crippen LogP contribution in [-0.4, -0.2) is 19.7 Å². The molecule has 2 rings (SSSR count). The van der Waals surface area contributed by atoms with E-state index in [0.29, 0.717) is 6.54 Å². The fourth-order valence-electron chi connectivity index (χ4n) is 1.60. The Morgan fingerprint density at radius 3 is 2.68 bits per heavy atom.